The topological polar surface area (TPSA) is 11.4 Å². The third-order valence-corrected chi connectivity index (χ3v) is 16.1. The largest absolute Gasteiger partial charge is 0.311 e. The monoisotopic (exact) mass is 897 g/mol. The zero-order valence-electron chi connectivity index (χ0n) is 40.6. The lowest BCUT2D eigenvalue weighted by molar-refractivity contribution is 0.660. The van der Waals surface area contributed by atoms with Gasteiger partial charge in [-0.2, -0.15) is 0 Å². The van der Waals surface area contributed by atoms with Crippen molar-refractivity contribution in [2.45, 2.75) is 53.4 Å². The highest BCUT2D eigenvalue weighted by Crippen LogP contribution is 2.54. The number of anilines is 6. The Morgan fingerprint density at radius 3 is 1.89 bits per heavy atom. The second-order valence-electron chi connectivity index (χ2n) is 20.8. The summed E-state index contributed by atoms with van der Waals surface area (Å²) in [6, 6.07) is 74.1. The van der Waals surface area contributed by atoms with Crippen LogP contribution in [-0.2, 0) is 11.8 Å². The summed E-state index contributed by atoms with van der Waals surface area (Å²) in [7, 11) is 0. The van der Waals surface area contributed by atoms with Gasteiger partial charge in [0, 0.05) is 55.9 Å². The number of benzene rings is 10. The van der Waals surface area contributed by atoms with Crippen LogP contribution in [0, 0.1) is 27.7 Å². The first-order chi connectivity index (χ1) is 34.1. The highest BCUT2D eigenvalue weighted by molar-refractivity contribution is 6.99. The molecule has 0 fully saturated rings. The fraction of sp³-hybridized carbons (Fsp3) is 0.121. The summed E-state index contributed by atoms with van der Waals surface area (Å²) in [5.74, 6) is 0. The summed E-state index contributed by atoms with van der Waals surface area (Å²) in [6.45, 7) is 13.7. The molecule has 3 aliphatic rings. The summed E-state index contributed by atoms with van der Waals surface area (Å²) in [5, 5.41) is 5.14. The number of nitrogens with zero attached hydrogens (tertiary/aromatic N) is 3. The zero-order valence-corrected chi connectivity index (χ0v) is 40.6. The average molecular weight is 898 g/mol. The standard InChI is InChI=1S/C66H52BN3/c1-40-19-27-46(28-20-40)68(47-29-21-41(2)22-30-47)49-36-45-37-53-56(67-57-35-43(4)25-33-59(57)69(61(38-49)64(45)67)48-31-23-42(3)24-32-48)39-55-63(51-15-9-11-17-54(51)66(55,5)6)65(53)70-58-18-12-10-16-52(58)62-50-14-8-7-13-44(50)26-34-60(62)70/h7-36,38-39H,37H2,1-6H3. The lowest BCUT2D eigenvalue weighted by atomic mass is 9.31. The SMILES string of the molecule is Cc1ccc(N(c2ccc(C)cc2)c2cc3c4c(c2)N(c2ccc(C)cc2)c2ccc(C)cc2B4c2cc4c(c(-n5c6ccccc6c6c7ccccc7ccc65)c2C3)-c2ccccc2C4(C)C)cc1. The van der Waals surface area contributed by atoms with Crippen LogP contribution in [0.4, 0.5) is 34.1 Å². The summed E-state index contributed by atoms with van der Waals surface area (Å²) in [5.41, 5.74) is 28.0. The van der Waals surface area contributed by atoms with E-state index in [1.165, 1.54) is 127 Å². The van der Waals surface area contributed by atoms with Gasteiger partial charge in [0.1, 0.15) is 0 Å². The lowest BCUT2D eigenvalue weighted by Crippen LogP contribution is -2.61. The molecule has 0 unspecified atom stereocenters. The zero-order chi connectivity index (χ0) is 47.2. The normalized spacial score (nSPS) is 13.9. The highest BCUT2D eigenvalue weighted by atomic mass is 15.2. The molecule has 0 radical (unpaired) electrons. The van der Waals surface area contributed by atoms with Gasteiger partial charge in [-0.25, -0.2) is 0 Å². The van der Waals surface area contributed by atoms with Crippen LogP contribution in [-0.4, -0.2) is 11.3 Å². The van der Waals surface area contributed by atoms with E-state index in [4.69, 9.17) is 0 Å². The average Bonchev–Trinajstić information content (AvgIpc) is 3.83. The van der Waals surface area contributed by atoms with Gasteiger partial charge in [-0.3, -0.25) is 0 Å². The van der Waals surface area contributed by atoms with Crippen LogP contribution >= 0.6 is 0 Å². The van der Waals surface area contributed by atoms with E-state index >= 15 is 0 Å². The molecule has 1 aromatic heterocycles. The van der Waals surface area contributed by atoms with Gasteiger partial charge >= 0.3 is 0 Å². The van der Waals surface area contributed by atoms with Crippen molar-refractivity contribution >= 4 is 89.8 Å². The van der Waals surface area contributed by atoms with Gasteiger partial charge in [-0.05, 0) is 150 Å². The molecule has 2 aliphatic heterocycles. The predicted octanol–water partition coefficient (Wildman–Crippen LogP) is 15.2. The first-order valence-corrected chi connectivity index (χ1v) is 24.9. The van der Waals surface area contributed by atoms with Crippen molar-refractivity contribution in [3.63, 3.8) is 0 Å². The summed E-state index contributed by atoms with van der Waals surface area (Å²) in [6.07, 6.45) is 0.771. The number of aromatic nitrogens is 1. The van der Waals surface area contributed by atoms with E-state index < -0.39 is 0 Å². The molecule has 11 aromatic rings. The van der Waals surface area contributed by atoms with E-state index in [2.05, 4.69) is 250 Å². The van der Waals surface area contributed by atoms with Crippen molar-refractivity contribution in [1.29, 1.82) is 0 Å². The molecule has 0 amide bonds. The number of fused-ring (bicyclic) bond motifs is 12. The Hall–Kier alpha value is -8.08. The van der Waals surface area contributed by atoms with E-state index in [0.29, 0.717) is 0 Å². The van der Waals surface area contributed by atoms with Crippen molar-refractivity contribution in [2.75, 3.05) is 9.80 Å². The van der Waals surface area contributed by atoms with Crippen molar-refractivity contribution in [3.8, 4) is 16.8 Å². The van der Waals surface area contributed by atoms with Gasteiger partial charge in [0.25, 0.3) is 0 Å². The van der Waals surface area contributed by atoms with Gasteiger partial charge in [-0.1, -0.05) is 169 Å². The first-order valence-electron chi connectivity index (χ1n) is 24.9. The highest BCUT2D eigenvalue weighted by Gasteiger charge is 2.46. The number of para-hydroxylation sites is 1. The molecular formula is C66H52BN3. The van der Waals surface area contributed by atoms with Crippen LogP contribution in [0.3, 0.4) is 0 Å². The number of rotatable bonds is 5. The Balaban J connectivity index is 1.14. The molecular weight excluding hydrogens is 846 g/mol. The Bertz CT molecular complexity index is 3940. The summed E-state index contributed by atoms with van der Waals surface area (Å²) >= 11 is 0. The maximum absolute atomic E-state index is 2.67. The molecule has 0 bridgehead atoms. The molecule has 1 aliphatic carbocycles. The maximum Gasteiger partial charge on any atom is 0.247 e. The third-order valence-electron chi connectivity index (χ3n) is 16.1. The van der Waals surface area contributed by atoms with E-state index in [1.807, 2.05) is 0 Å². The number of aryl methyl sites for hydroxylation is 4. The molecule has 0 atom stereocenters. The molecule has 3 heterocycles. The Labute approximate surface area is 411 Å². The van der Waals surface area contributed by atoms with Gasteiger partial charge in [0.2, 0.25) is 6.71 Å². The van der Waals surface area contributed by atoms with E-state index in [-0.39, 0.29) is 12.1 Å². The Morgan fingerprint density at radius 1 is 0.500 bits per heavy atom. The van der Waals surface area contributed by atoms with Crippen LogP contribution in [0.1, 0.15) is 58.4 Å². The van der Waals surface area contributed by atoms with Crippen LogP contribution in [0.5, 0.6) is 0 Å². The van der Waals surface area contributed by atoms with Gasteiger partial charge in [0.05, 0.1) is 16.7 Å². The van der Waals surface area contributed by atoms with Crippen LogP contribution < -0.4 is 26.2 Å². The summed E-state index contributed by atoms with van der Waals surface area (Å²) in [4.78, 5) is 5.03. The van der Waals surface area contributed by atoms with E-state index in [0.717, 1.165) is 23.5 Å². The fourth-order valence-electron chi connectivity index (χ4n) is 12.7. The van der Waals surface area contributed by atoms with E-state index in [9.17, 15) is 0 Å². The molecule has 0 saturated carbocycles. The third kappa shape index (κ3) is 5.83. The van der Waals surface area contributed by atoms with Gasteiger partial charge < -0.3 is 14.4 Å². The van der Waals surface area contributed by atoms with Crippen molar-refractivity contribution < 1.29 is 0 Å². The van der Waals surface area contributed by atoms with Crippen LogP contribution in [0.15, 0.2) is 194 Å². The minimum Gasteiger partial charge on any atom is -0.311 e. The maximum atomic E-state index is 2.67. The second kappa shape index (κ2) is 15.0. The second-order valence-corrected chi connectivity index (χ2v) is 20.8. The molecule has 334 valence electrons. The Morgan fingerprint density at radius 2 is 1.14 bits per heavy atom. The van der Waals surface area contributed by atoms with Gasteiger partial charge in [0.15, 0.2) is 0 Å². The summed E-state index contributed by atoms with van der Waals surface area (Å²) < 4.78 is 2.67. The van der Waals surface area contributed by atoms with E-state index in [1.54, 1.807) is 0 Å². The molecule has 3 nitrogen and oxygen atoms in total. The smallest absolute Gasteiger partial charge is 0.247 e. The van der Waals surface area contributed by atoms with Crippen LogP contribution in [0.2, 0.25) is 0 Å². The molecule has 0 N–H and O–H groups in total. The number of hydrogen-bond acceptors (Lipinski definition) is 2. The minimum absolute atomic E-state index is 0.0101. The predicted molar refractivity (Wildman–Crippen MR) is 298 cm³/mol. The lowest BCUT2D eigenvalue weighted by Gasteiger charge is -2.42. The molecule has 10 aromatic carbocycles. The fourth-order valence-corrected chi connectivity index (χ4v) is 12.7. The number of hydrogen-bond donors (Lipinski definition) is 0. The molecule has 70 heavy (non-hydrogen) atoms. The first kappa shape index (κ1) is 40.9. The van der Waals surface area contributed by atoms with Crippen molar-refractivity contribution in [2.24, 2.45) is 0 Å². The Kier molecular flexibility index (Phi) is 8.75. The molecule has 14 rings (SSSR count). The quantitative estimate of drug-likeness (QED) is 0.160. The van der Waals surface area contributed by atoms with Gasteiger partial charge in [-0.15, -0.1) is 0 Å². The van der Waals surface area contributed by atoms with Crippen molar-refractivity contribution in [1.82, 2.24) is 4.57 Å². The molecule has 0 saturated heterocycles. The minimum atomic E-state index is -0.227. The van der Waals surface area contributed by atoms with Crippen molar-refractivity contribution in [3.05, 3.63) is 239 Å². The van der Waals surface area contributed by atoms with Crippen LogP contribution in [0.25, 0.3) is 49.4 Å². The molecule has 4 heteroatoms. The molecule has 0 spiro atoms.